The maximum absolute atomic E-state index is 13.4. The van der Waals surface area contributed by atoms with Crippen molar-refractivity contribution in [2.45, 2.75) is 27.7 Å². The second kappa shape index (κ2) is 9.96. The lowest BCUT2D eigenvalue weighted by molar-refractivity contribution is 0.0734. The third kappa shape index (κ3) is 4.36. The zero-order valence-electron chi connectivity index (χ0n) is 17.9. The predicted molar refractivity (Wildman–Crippen MR) is 115 cm³/mol. The quantitative estimate of drug-likeness (QED) is 0.729. The second-order valence-corrected chi connectivity index (χ2v) is 6.54. The molecule has 6 heteroatoms. The van der Waals surface area contributed by atoms with Gasteiger partial charge in [0.15, 0.2) is 11.5 Å². The van der Waals surface area contributed by atoms with Gasteiger partial charge in [-0.1, -0.05) is 24.3 Å². The summed E-state index contributed by atoms with van der Waals surface area (Å²) in [5.74, 6) is -0.182. The summed E-state index contributed by atoms with van der Waals surface area (Å²) < 4.78 is 5.23. The standard InChI is InChI=1S/C23H30N2O4/c1-6-24(7-2)22(27)18-14-10-12-16(20(18)23(28)25(8-3)9-4)17-13-11-15-19(29-5)21(17)26/h10-15,26H,6-9H2,1-5H3. The molecule has 156 valence electrons. The normalized spacial score (nSPS) is 10.5. The van der Waals surface area contributed by atoms with Gasteiger partial charge in [0, 0.05) is 31.7 Å². The molecule has 2 aromatic carbocycles. The van der Waals surface area contributed by atoms with Crippen molar-refractivity contribution in [1.29, 1.82) is 0 Å². The molecule has 0 aliphatic carbocycles. The number of carbonyl (C=O) groups is 2. The van der Waals surface area contributed by atoms with Gasteiger partial charge in [-0.25, -0.2) is 0 Å². The van der Waals surface area contributed by atoms with Gasteiger partial charge in [0.1, 0.15) is 0 Å². The fraction of sp³-hybridized carbons (Fsp3) is 0.391. The fourth-order valence-electron chi connectivity index (χ4n) is 3.44. The zero-order valence-corrected chi connectivity index (χ0v) is 17.9. The van der Waals surface area contributed by atoms with E-state index in [1.807, 2.05) is 27.7 Å². The van der Waals surface area contributed by atoms with E-state index in [1.54, 1.807) is 46.2 Å². The fourth-order valence-corrected chi connectivity index (χ4v) is 3.44. The van der Waals surface area contributed by atoms with Crippen LogP contribution in [0.2, 0.25) is 0 Å². The van der Waals surface area contributed by atoms with Crippen molar-refractivity contribution >= 4 is 11.8 Å². The van der Waals surface area contributed by atoms with E-state index >= 15 is 0 Å². The number of methoxy groups -OCH3 is 1. The van der Waals surface area contributed by atoms with Gasteiger partial charge in [0.05, 0.1) is 18.2 Å². The molecule has 0 unspecified atom stereocenters. The molecule has 0 aromatic heterocycles. The topological polar surface area (TPSA) is 70.1 Å². The van der Waals surface area contributed by atoms with E-state index in [1.165, 1.54) is 7.11 Å². The lowest BCUT2D eigenvalue weighted by atomic mass is 9.92. The lowest BCUT2D eigenvalue weighted by Crippen LogP contribution is -2.35. The van der Waals surface area contributed by atoms with Crippen LogP contribution in [-0.4, -0.2) is 60.0 Å². The summed E-state index contributed by atoms with van der Waals surface area (Å²) in [7, 11) is 1.47. The van der Waals surface area contributed by atoms with Crippen molar-refractivity contribution in [2.75, 3.05) is 33.3 Å². The number of para-hydroxylation sites is 1. The molecule has 2 amide bonds. The van der Waals surface area contributed by atoms with E-state index in [0.717, 1.165) is 0 Å². The summed E-state index contributed by atoms with van der Waals surface area (Å²) in [6, 6.07) is 10.3. The molecule has 0 radical (unpaired) electrons. The summed E-state index contributed by atoms with van der Waals surface area (Å²) in [5.41, 5.74) is 1.60. The van der Waals surface area contributed by atoms with Gasteiger partial charge >= 0.3 is 0 Å². The van der Waals surface area contributed by atoms with Crippen LogP contribution in [0.5, 0.6) is 11.5 Å². The number of phenols is 1. The van der Waals surface area contributed by atoms with Gasteiger partial charge in [0.2, 0.25) is 0 Å². The van der Waals surface area contributed by atoms with Crippen LogP contribution < -0.4 is 4.74 Å². The smallest absolute Gasteiger partial charge is 0.255 e. The first-order valence-electron chi connectivity index (χ1n) is 10.0. The summed E-state index contributed by atoms with van der Waals surface area (Å²) in [4.78, 5) is 30.0. The Hall–Kier alpha value is -3.02. The monoisotopic (exact) mass is 398 g/mol. The second-order valence-electron chi connectivity index (χ2n) is 6.54. The van der Waals surface area contributed by atoms with Crippen LogP contribution in [-0.2, 0) is 0 Å². The zero-order chi connectivity index (χ0) is 21.6. The highest BCUT2D eigenvalue weighted by atomic mass is 16.5. The molecule has 0 aliphatic rings. The Balaban J connectivity index is 2.80. The Bertz CT molecular complexity index is 871. The van der Waals surface area contributed by atoms with Crippen molar-refractivity contribution in [1.82, 2.24) is 9.80 Å². The van der Waals surface area contributed by atoms with Crippen molar-refractivity contribution in [3.63, 3.8) is 0 Å². The SMILES string of the molecule is CCN(CC)C(=O)c1cccc(-c2cccc(OC)c2O)c1C(=O)N(CC)CC. The van der Waals surface area contributed by atoms with Crippen LogP contribution >= 0.6 is 0 Å². The number of ether oxygens (including phenoxy) is 1. The van der Waals surface area contributed by atoms with Crippen LogP contribution in [0.15, 0.2) is 36.4 Å². The number of benzene rings is 2. The van der Waals surface area contributed by atoms with E-state index in [0.29, 0.717) is 54.2 Å². The van der Waals surface area contributed by atoms with E-state index < -0.39 is 0 Å². The highest BCUT2D eigenvalue weighted by Crippen LogP contribution is 2.39. The molecule has 0 fully saturated rings. The predicted octanol–water partition coefficient (Wildman–Crippen LogP) is 4.03. The molecule has 1 N–H and O–H groups in total. The number of amides is 2. The van der Waals surface area contributed by atoms with E-state index in [-0.39, 0.29) is 17.6 Å². The molecule has 0 atom stereocenters. The van der Waals surface area contributed by atoms with Crippen LogP contribution in [0, 0.1) is 0 Å². The highest BCUT2D eigenvalue weighted by Gasteiger charge is 2.27. The Kier molecular flexibility index (Phi) is 7.65. The van der Waals surface area contributed by atoms with Crippen molar-refractivity contribution in [3.05, 3.63) is 47.5 Å². The minimum absolute atomic E-state index is 0.0592. The summed E-state index contributed by atoms with van der Waals surface area (Å²) in [6.07, 6.45) is 0. The lowest BCUT2D eigenvalue weighted by Gasteiger charge is -2.25. The molecule has 0 bridgehead atoms. The van der Waals surface area contributed by atoms with Crippen LogP contribution in [0.25, 0.3) is 11.1 Å². The van der Waals surface area contributed by atoms with E-state index in [9.17, 15) is 14.7 Å². The first-order chi connectivity index (χ1) is 13.9. The summed E-state index contributed by atoms with van der Waals surface area (Å²) in [6.45, 7) is 9.75. The molecule has 2 rings (SSSR count). The van der Waals surface area contributed by atoms with Gasteiger partial charge < -0.3 is 19.6 Å². The van der Waals surface area contributed by atoms with E-state index in [4.69, 9.17) is 4.74 Å². The number of carbonyl (C=O) groups excluding carboxylic acids is 2. The molecule has 0 heterocycles. The molecule has 0 aliphatic heterocycles. The number of phenolic OH excluding ortho intramolecular Hbond substituents is 1. The number of rotatable bonds is 8. The van der Waals surface area contributed by atoms with Gasteiger partial charge in [-0.3, -0.25) is 9.59 Å². The largest absolute Gasteiger partial charge is 0.504 e. The van der Waals surface area contributed by atoms with Gasteiger partial charge in [-0.05, 0) is 45.4 Å². The van der Waals surface area contributed by atoms with Crippen molar-refractivity contribution < 1.29 is 19.4 Å². The summed E-state index contributed by atoms with van der Waals surface area (Å²) >= 11 is 0. The first kappa shape index (κ1) is 22.3. The van der Waals surface area contributed by atoms with Crippen LogP contribution in [0.4, 0.5) is 0 Å². The average Bonchev–Trinajstić information content (AvgIpc) is 2.75. The van der Waals surface area contributed by atoms with Gasteiger partial charge in [-0.2, -0.15) is 0 Å². The van der Waals surface area contributed by atoms with Gasteiger partial charge in [-0.15, -0.1) is 0 Å². The maximum Gasteiger partial charge on any atom is 0.255 e. The van der Waals surface area contributed by atoms with Crippen molar-refractivity contribution in [3.8, 4) is 22.6 Å². The molecular weight excluding hydrogens is 368 g/mol. The molecule has 0 saturated carbocycles. The Morgan fingerprint density at radius 3 is 1.90 bits per heavy atom. The molecular formula is C23H30N2O4. The minimum Gasteiger partial charge on any atom is -0.504 e. The summed E-state index contributed by atoms with van der Waals surface area (Å²) in [5, 5.41) is 10.7. The van der Waals surface area contributed by atoms with Crippen LogP contribution in [0.3, 0.4) is 0 Å². The Morgan fingerprint density at radius 2 is 1.34 bits per heavy atom. The number of nitrogens with zero attached hydrogens (tertiary/aromatic N) is 2. The molecule has 0 saturated heterocycles. The van der Waals surface area contributed by atoms with E-state index in [2.05, 4.69) is 0 Å². The Morgan fingerprint density at radius 1 is 0.828 bits per heavy atom. The van der Waals surface area contributed by atoms with Crippen LogP contribution in [0.1, 0.15) is 48.4 Å². The molecule has 29 heavy (non-hydrogen) atoms. The third-order valence-corrected chi connectivity index (χ3v) is 5.12. The average molecular weight is 399 g/mol. The number of aromatic hydroxyl groups is 1. The van der Waals surface area contributed by atoms with Crippen molar-refractivity contribution in [2.24, 2.45) is 0 Å². The first-order valence-corrected chi connectivity index (χ1v) is 10.0. The highest BCUT2D eigenvalue weighted by molar-refractivity contribution is 6.11. The minimum atomic E-state index is -0.233. The molecule has 6 nitrogen and oxygen atoms in total. The third-order valence-electron chi connectivity index (χ3n) is 5.12. The van der Waals surface area contributed by atoms with Gasteiger partial charge in [0.25, 0.3) is 11.8 Å². The number of hydrogen-bond acceptors (Lipinski definition) is 4. The molecule has 2 aromatic rings. The molecule has 0 spiro atoms. The number of hydrogen-bond donors (Lipinski definition) is 1. The Labute approximate surface area is 172 Å². The maximum atomic E-state index is 13.4.